The Balaban J connectivity index is 1.71. The predicted molar refractivity (Wildman–Crippen MR) is 84.3 cm³/mol. The second-order valence-electron chi connectivity index (χ2n) is 5.65. The predicted octanol–water partition coefficient (Wildman–Crippen LogP) is 2.57. The second-order valence-corrected chi connectivity index (χ2v) is 6.49. The molecule has 0 aromatic heterocycles. The molecule has 2 unspecified atom stereocenters. The van der Waals surface area contributed by atoms with Crippen LogP contribution in [0, 0.1) is 0 Å². The first-order chi connectivity index (χ1) is 10.3. The Labute approximate surface area is 130 Å². The monoisotopic (exact) mass is 309 g/mol. The van der Waals surface area contributed by atoms with Crippen molar-refractivity contribution in [3.8, 4) is 11.5 Å². The number of aliphatic hydroxyl groups excluding tert-OH is 1. The minimum Gasteiger partial charge on any atom is -0.486 e. The van der Waals surface area contributed by atoms with Gasteiger partial charge < -0.3 is 19.9 Å². The van der Waals surface area contributed by atoms with Gasteiger partial charge in [-0.25, -0.2) is 0 Å². The van der Waals surface area contributed by atoms with Gasteiger partial charge in [-0.1, -0.05) is 12.8 Å². The van der Waals surface area contributed by atoms with Crippen molar-refractivity contribution >= 4 is 11.8 Å². The Morgan fingerprint density at radius 2 is 1.90 bits per heavy atom. The van der Waals surface area contributed by atoms with E-state index in [9.17, 15) is 5.11 Å². The number of hydrogen-bond acceptors (Lipinski definition) is 5. The SMILES string of the molecule is CSc1cc2c(cc1CNC1CCCCC1O)OCCO2. The van der Waals surface area contributed by atoms with Gasteiger partial charge >= 0.3 is 0 Å². The third-order valence-electron chi connectivity index (χ3n) is 4.23. The van der Waals surface area contributed by atoms with Crippen LogP contribution in [0.1, 0.15) is 31.2 Å². The minimum absolute atomic E-state index is 0.210. The molecule has 21 heavy (non-hydrogen) atoms. The smallest absolute Gasteiger partial charge is 0.162 e. The van der Waals surface area contributed by atoms with Crippen LogP contribution in [0.3, 0.4) is 0 Å². The molecule has 2 N–H and O–H groups in total. The van der Waals surface area contributed by atoms with Crippen molar-refractivity contribution in [2.45, 2.75) is 49.3 Å². The molecule has 116 valence electrons. The number of fused-ring (bicyclic) bond motifs is 1. The number of aliphatic hydroxyl groups is 1. The Hall–Kier alpha value is -0.910. The zero-order chi connectivity index (χ0) is 14.7. The van der Waals surface area contributed by atoms with E-state index >= 15 is 0 Å². The van der Waals surface area contributed by atoms with Crippen LogP contribution in [0.4, 0.5) is 0 Å². The van der Waals surface area contributed by atoms with Gasteiger partial charge in [0.15, 0.2) is 11.5 Å². The molecule has 0 bridgehead atoms. The van der Waals surface area contributed by atoms with E-state index in [2.05, 4.69) is 23.7 Å². The van der Waals surface area contributed by atoms with Crippen molar-refractivity contribution in [1.29, 1.82) is 0 Å². The van der Waals surface area contributed by atoms with Crippen molar-refractivity contribution < 1.29 is 14.6 Å². The number of thioether (sulfide) groups is 1. The Morgan fingerprint density at radius 1 is 1.19 bits per heavy atom. The summed E-state index contributed by atoms with van der Waals surface area (Å²) in [5.74, 6) is 1.67. The van der Waals surface area contributed by atoms with Gasteiger partial charge in [0, 0.05) is 17.5 Å². The van der Waals surface area contributed by atoms with Crippen molar-refractivity contribution in [2.75, 3.05) is 19.5 Å². The first-order valence-electron chi connectivity index (χ1n) is 7.66. The fourth-order valence-corrected chi connectivity index (χ4v) is 3.65. The highest BCUT2D eigenvalue weighted by atomic mass is 32.2. The maximum Gasteiger partial charge on any atom is 0.162 e. The van der Waals surface area contributed by atoms with E-state index in [1.165, 1.54) is 16.9 Å². The first kappa shape index (κ1) is 15.0. The van der Waals surface area contributed by atoms with Crippen LogP contribution < -0.4 is 14.8 Å². The average molecular weight is 309 g/mol. The Morgan fingerprint density at radius 3 is 2.62 bits per heavy atom. The van der Waals surface area contributed by atoms with Crippen molar-refractivity contribution in [2.24, 2.45) is 0 Å². The highest BCUT2D eigenvalue weighted by Gasteiger charge is 2.23. The van der Waals surface area contributed by atoms with Gasteiger partial charge in [0.1, 0.15) is 13.2 Å². The van der Waals surface area contributed by atoms with Crippen molar-refractivity contribution in [3.63, 3.8) is 0 Å². The molecule has 0 saturated heterocycles. The molecule has 1 aromatic carbocycles. The van der Waals surface area contributed by atoms with Gasteiger partial charge in [0.2, 0.25) is 0 Å². The molecule has 4 nitrogen and oxygen atoms in total. The highest BCUT2D eigenvalue weighted by molar-refractivity contribution is 7.98. The molecule has 3 rings (SSSR count). The molecule has 1 heterocycles. The summed E-state index contributed by atoms with van der Waals surface area (Å²) in [5, 5.41) is 13.6. The molecule has 0 radical (unpaired) electrons. The van der Waals surface area contributed by atoms with Crippen LogP contribution >= 0.6 is 11.8 Å². The van der Waals surface area contributed by atoms with Crippen molar-refractivity contribution in [3.05, 3.63) is 17.7 Å². The number of rotatable bonds is 4. The maximum absolute atomic E-state index is 10.1. The number of ether oxygens (including phenoxy) is 2. The second kappa shape index (κ2) is 6.90. The summed E-state index contributed by atoms with van der Waals surface area (Å²) < 4.78 is 11.3. The standard InChI is InChI=1S/C16H23NO3S/c1-21-16-9-15-14(19-6-7-20-15)8-11(16)10-17-12-4-2-3-5-13(12)18/h8-9,12-13,17-18H,2-7,10H2,1H3. The first-order valence-corrected chi connectivity index (χ1v) is 8.88. The summed E-state index contributed by atoms with van der Waals surface area (Å²) in [6.07, 6.45) is 6.16. The summed E-state index contributed by atoms with van der Waals surface area (Å²) in [6, 6.07) is 4.34. The fraction of sp³-hybridized carbons (Fsp3) is 0.625. The van der Waals surface area contributed by atoms with Crippen LogP contribution in [0.5, 0.6) is 11.5 Å². The van der Waals surface area contributed by atoms with E-state index in [0.717, 1.165) is 37.3 Å². The summed E-state index contributed by atoms with van der Waals surface area (Å²) in [7, 11) is 0. The number of nitrogens with one attached hydrogen (secondary N) is 1. The number of hydrogen-bond donors (Lipinski definition) is 2. The normalized spacial score (nSPS) is 24.9. The number of benzene rings is 1. The maximum atomic E-state index is 10.1. The lowest BCUT2D eigenvalue weighted by molar-refractivity contribution is 0.0901. The molecule has 1 aliphatic carbocycles. The molecule has 1 aromatic rings. The summed E-state index contributed by atoms with van der Waals surface area (Å²) in [6.45, 7) is 1.99. The molecular weight excluding hydrogens is 286 g/mol. The molecule has 0 spiro atoms. The van der Waals surface area contributed by atoms with Crippen LogP contribution in [0.2, 0.25) is 0 Å². The fourth-order valence-electron chi connectivity index (χ4n) is 3.03. The van der Waals surface area contributed by atoms with E-state index in [0.29, 0.717) is 13.2 Å². The molecule has 5 heteroatoms. The highest BCUT2D eigenvalue weighted by Crippen LogP contribution is 2.36. The summed E-state index contributed by atoms with van der Waals surface area (Å²) >= 11 is 1.72. The van der Waals surface area contributed by atoms with Crippen LogP contribution in [-0.2, 0) is 6.54 Å². The van der Waals surface area contributed by atoms with Gasteiger partial charge in [-0.05, 0) is 36.8 Å². The van der Waals surface area contributed by atoms with E-state index in [1.54, 1.807) is 11.8 Å². The van der Waals surface area contributed by atoms with Gasteiger partial charge in [0.25, 0.3) is 0 Å². The lowest BCUT2D eigenvalue weighted by Crippen LogP contribution is -2.41. The van der Waals surface area contributed by atoms with Crippen LogP contribution in [-0.4, -0.2) is 36.7 Å². The zero-order valence-corrected chi connectivity index (χ0v) is 13.2. The van der Waals surface area contributed by atoms with Crippen LogP contribution in [0.25, 0.3) is 0 Å². The van der Waals surface area contributed by atoms with Gasteiger partial charge in [-0.15, -0.1) is 11.8 Å². The third kappa shape index (κ3) is 3.47. The lowest BCUT2D eigenvalue weighted by atomic mass is 9.92. The lowest BCUT2D eigenvalue weighted by Gasteiger charge is -2.29. The van der Waals surface area contributed by atoms with E-state index in [-0.39, 0.29) is 12.1 Å². The Kier molecular flexibility index (Phi) is 4.93. The van der Waals surface area contributed by atoms with E-state index in [4.69, 9.17) is 9.47 Å². The molecule has 2 aliphatic rings. The summed E-state index contributed by atoms with van der Waals surface area (Å²) in [4.78, 5) is 1.21. The van der Waals surface area contributed by atoms with Crippen molar-refractivity contribution in [1.82, 2.24) is 5.32 Å². The topological polar surface area (TPSA) is 50.7 Å². The van der Waals surface area contributed by atoms with Gasteiger partial charge in [-0.2, -0.15) is 0 Å². The molecule has 0 amide bonds. The average Bonchev–Trinajstić information content (AvgIpc) is 2.53. The zero-order valence-electron chi connectivity index (χ0n) is 12.4. The Bertz CT molecular complexity index is 495. The molecular formula is C16H23NO3S. The van der Waals surface area contributed by atoms with Gasteiger partial charge in [-0.3, -0.25) is 0 Å². The molecule has 1 fully saturated rings. The quantitative estimate of drug-likeness (QED) is 0.837. The molecule has 2 atom stereocenters. The van der Waals surface area contributed by atoms with E-state index < -0.39 is 0 Å². The molecule has 1 saturated carbocycles. The largest absolute Gasteiger partial charge is 0.486 e. The van der Waals surface area contributed by atoms with E-state index in [1.807, 2.05) is 0 Å². The molecule has 1 aliphatic heterocycles. The third-order valence-corrected chi connectivity index (χ3v) is 5.05. The summed E-state index contributed by atoms with van der Waals surface area (Å²) in [5.41, 5.74) is 1.21. The van der Waals surface area contributed by atoms with Crippen LogP contribution in [0.15, 0.2) is 17.0 Å². The van der Waals surface area contributed by atoms with Gasteiger partial charge in [0.05, 0.1) is 6.10 Å². The minimum atomic E-state index is -0.214.